The Labute approximate surface area is 159 Å². The Hall–Kier alpha value is -2.57. The second kappa shape index (κ2) is 6.97. The van der Waals surface area contributed by atoms with E-state index in [-0.39, 0.29) is 5.56 Å². The topological polar surface area (TPSA) is 52.2 Å². The van der Waals surface area contributed by atoms with Crippen molar-refractivity contribution < 1.29 is 0 Å². The quantitative estimate of drug-likeness (QED) is 0.498. The summed E-state index contributed by atoms with van der Waals surface area (Å²) >= 11 is 7.63. The molecule has 0 saturated carbocycles. The summed E-state index contributed by atoms with van der Waals surface area (Å²) in [5, 5.41) is 9.55. The molecule has 0 aliphatic heterocycles. The van der Waals surface area contributed by atoms with E-state index in [4.69, 9.17) is 11.6 Å². The molecule has 2 heterocycles. The lowest BCUT2D eigenvalue weighted by Crippen LogP contribution is -2.21. The maximum atomic E-state index is 12.9. The van der Waals surface area contributed by atoms with Gasteiger partial charge >= 0.3 is 5.56 Å². The first-order valence-electron chi connectivity index (χ1n) is 8.03. The van der Waals surface area contributed by atoms with Gasteiger partial charge in [0, 0.05) is 23.2 Å². The van der Waals surface area contributed by atoms with Crippen LogP contribution in [0.2, 0.25) is 5.02 Å². The Bertz CT molecular complexity index is 1140. The number of nitrogens with zero attached hydrogens (tertiary/aromatic N) is 4. The second-order valence-corrected chi connectivity index (χ2v) is 7.23. The summed E-state index contributed by atoms with van der Waals surface area (Å²) in [6, 6.07) is 15.6. The molecule has 0 aliphatic carbocycles. The zero-order chi connectivity index (χ0) is 18.1. The van der Waals surface area contributed by atoms with Crippen LogP contribution in [-0.2, 0) is 5.75 Å². The van der Waals surface area contributed by atoms with Gasteiger partial charge in [0.15, 0.2) is 5.16 Å². The predicted molar refractivity (Wildman–Crippen MR) is 104 cm³/mol. The number of aromatic nitrogens is 4. The SMILES string of the molecule is Cc1ccc(Cl)cc1-n1ccn2c(SCc3ccccc3)nnc2c1=O. The highest BCUT2D eigenvalue weighted by Gasteiger charge is 2.13. The van der Waals surface area contributed by atoms with Gasteiger partial charge in [0.2, 0.25) is 5.65 Å². The first kappa shape index (κ1) is 16.9. The lowest BCUT2D eigenvalue weighted by Gasteiger charge is -2.10. The zero-order valence-corrected chi connectivity index (χ0v) is 15.5. The summed E-state index contributed by atoms with van der Waals surface area (Å²) in [7, 11) is 0. The van der Waals surface area contributed by atoms with Crippen LogP contribution >= 0.6 is 23.4 Å². The fourth-order valence-electron chi connectivity index (χ4n) is 2.72. The summed E-state index contributed by atoms with van der Waals surface area (Å²) in [6.45, 7) is 1.94. The average molecular weight is 383 g/mol. The van der Waals surface area contributed by atoms with Gasteiger partial charge in [-0.15, -0.1) is 10.2 Å². The Morgan fingerprint density at radius 3 is 2.69 bits per heavy atom. The molecular formula is C19H15ClN4OS. The van der Waals surface area contributed by atoms with Gasteiger partial charge in [0.05, 0.1) is 5.69 Å². The van der Waals surface area contributed by atoms with E-state index in [1.165, 1.54) is 5.56 Å². The molecule has 0 amide bonds. The molecule has 0 atom stereocenters. The van der Waals surface area contributed by atoms with E-state index in [0.29, 0.717) is 15.8 Å². The number of hydrogen-bond donors (Lipinski definition) is 0. The van der Waals surface area contributed by atoms with Crippen LogP contribution in [0, 0.1) is 6.92 Å². The van der Waals surface area contributed by atoms with Gasteiger partial charge in [-0.25, -0.2) is 0 Å². The van der Waals surface area contributed by atoms with E-state index >= 15 is 0 Å². The first-order valence-corrected chi connectivity index (χ1v) is 9.39. The molecule has 26 heavy (non-hydrogen) atoms. The number of halogens is 1. The van der Waals surface area contributed by atoms with E-state index in [2.05, 4.69) is 22.3 Å². The van der Waals surface area contributed by atoms with E-state index in [0.717, 1.165) is 17.0 Å². The summed E-state index contributed by atoms with van der Waals surface area (Å²) in [6.07, 6.45) is 3.54. The van der Waals surface area contributed by atoms with Gasteiger partial charge in [-0.05, 0) is 30.2 Å². The van der Waals surface area contributed by atoms with Crippen LogP contribution in [0.1, 0.15) is 11.1 Å². The molecule has 2 aromatic carbocycles. The molecule has 0 unspecified atom stereocenters. The standard InChI is InChI=1S/C19H15ClN4OS/c1-13-7-8-15(20)11-16(13)23-9-10-24-17(18(23)25)21-22-19(24)26-12-14-5-3-2-4-6-14/h2-11H,12H2,1H3. The van der Waals surface area contributed by atoms with E-state index in [1.807, 2.05) is 37.4 Å². The lowest BCUT2D eigenvalue weighted by atomic mass is 10.2. The highest BCUT2D eigenvalue weighted by atomic mass is 35.5. The van der Waals surface area contributed by atoms with Crippen LogP contribution in [0.4, 0.5) is 0 Å². The molecule has 0 saturated heterocycles. The van der Waals surface area contributed by atoms with Gasteiger partial charge in [0.25, 0.3) is 0 Å². The van der Waals surface area contributed by atoms with Crippen LogP contribution in [0.25, 0.3) is 11.3 Å². The molecule has 130 valence electrons. The molecule has 4 rings (SSSR count). The Balaban J connectivity index is 1.71. The Morgan fingerprint density at radius 1 is 1.08 bits per heavy atom. The molecule has 0 fully saturated rings. The number of thioether (sulfide) groups is 1. The molecule has 7 heteroatoms. The van der Waals surface area contributed by atoms with Crippen LogP contribution in [-0.4, -0.2) is 19.2 Å². The normalized spacial score (nSPS) is 11.2. The maximum absolute atomic E-state index is 12.9. The fraction of sp³-hybridized carbons (Fsp3) is 0.105. The van der Waals surface area contributed by atoms with Crippen molar-refractivity contribution in [3.63, 3.8) is 0 Å². The molecule has 5 nitrogen and oxygen atoms in total. The van der Waals surface area contributed by atoms with Gasteiger partial charge in [-0.3, -0.25) is 13.8 Å². The molecule has 0 spiro atoms. The molecule has 0 N–H and O–H groups in total. The summed E-state index contributed by atoms with van der Waals surface area (Å²) in [5.74, 6) is 0.762. The van der Waals surface area contributed by atoms with Crippen molar-refractivity contribution in [1.82, 2.24) is 19.2 Å². The van der Waals surface area contributed by atoms with Crippen molar-refractivity contribution in [2.75, 3.05) is 0 Å². The fourth-order valence-corrected chi connectivity index (χ4v) is 3.76. The third kappa shape index (κ3) is 3.13. The van der Waals surface area contributed by atoms with Crippen molar-refractivity contribution >= 4 is 29.0 Å². The first-order chi connectivity index (χ1) is 12.6. The van der Waals surface area contributed by atoms with E-state index < -0.39 is 0 Å². The number of rotatable bonds is 4. The highest BCUT2D eigenvalue weighted by Crippen LogP contribution is 2.22. The van der Waals surface area contributed by atoms with Crippen molar-refractivity contribution in [3.05, 3.63) is 87.4 Å². The lowest BCUT2D eigenvalue weighted by molar-refractivity contribution is 0.890. The maximum Gasteiger partial charge on any atom is 0.300 e. The van der Waals surface area contributed by atoms with Crippen molar-refractivity contribution in [3.8, 4) is 5.69 Å². The van der Waals surface area contributed by atoms with Crippen LogP contribution in [0.3, 0.4) is 0 Å². The molecular weight excluding hydrogens is 368 g/mol. The van der Waals surface area contributed by atoms with Crippen LogP contribution < -0.4 is 5.56 Å². The second-order valence-electron chi connectivity index (χ2n) is 5.85. The minimum atomic E-state index is -0.225. The predicted octanol–water partition coefficient (Wildman–Crippen LogP) is 4.13. The van der Waals surface area contributed by atoms with Crippen LogP contribution in [0.5, 0.6) is 0 Å². The Kier molecular flexibility index (Phi) is 4.53. The molecule has 2 aromatic heterocycles. The molecule has 0 bridgehead atoms. The number of fused-ring (bicyclic) bond motifs is 1. The van der Waals surface area contributed by atoms with E-state index in [1.54, 1.807) is 39.1 Å². The van der Waals surface area contributed by atoms with E-state index in [9.17, 15) is 4.79 Å². The van der Waals surface area contributed by atoms with Crippen molar-refractivity contribution in [2.24, 2.45) is 0 Å². The van der Waals surface area contributed by atoms with Gasteiger partial charge in [-0.2, -0.15) is 0 Å². The largest absolute Gasteiger partial charge is 0.300 e. The minimum absolute atomic E-state index is 0.225. The Morgan fingerprint density at radius 2 is 1.88 bits per heavy atom. The summed E-state index contributed by atoms with van der Waals surface area (Å²) in [5.41, 5.74) is 2.96. The number of benzene rings is 2. The molecule has 0 radical (unpaired) electrons. The monoisotopic (exact) mass is 382 g/mol. The third-order valence-corrected chi connectivity index (χ3v) is 5.33. The smallest absolute Gasteiger partial charge is 0.279 e. The van der Waals surface area contributed by atoms with Crippen molar-refractivity contribution in [2.45, 2.75) is 17.8 Å². The van der Waals surface area contributed by atoms with Crippen molar-refractivity contribution in [1.29, 1.82) is 0 Å². The minimum Gasteiger partial charge on any atom is -0.279 e. The van der Waals surface area contributed by atoms with Crippen LogP contribution in [0.15, 0.2) is 70.9 Å². The van der Waals surface area contributed by atoms with Gasteiger partial charge in [-0.1, -0.05) is 59.8 Å². The number of hydrogen-bond acceptors (Lipinski definition) is 4. The van der Waals surface area contributed by atoms with Gasteiger partial charge in [0.1, 0.15) is 0 Å². The zero-order valence-electron chi connectivity index (χ0n) is 14.0. The van der Waals surface area contributed by atoms with Gasteiger partial charge < -0.3 is 0 Å². The summed E-state index contributed by atoms with van der Waals surface area (Å²) in [4.78, 5) is 12.9. The molecule has 4 aromatic rings. The summed E-state index contributed by atoms with van der Waals surface area (Å²) < 4.78 is 3.28. The average Bonchev–Trinajstić information content (AvgIpc) is 3.07. The third-order valence-electron chi connectivity index (χ3n) is 4.08. The highest BCUT2D eigenvalue weighted by molar-refractivity contribution is 7.98. The molecule has 0 aliphatic rings. The number of aryl methyl sites for hydroxylation is 1.